The molecule has 0 spiro atoms. The molecule has 256 valence electrons. The lowest BCUT2D eigenvalue weighted by molar-refractivity contribution is -0.152. The molecule has 0 bridgehead atoms. The predicted molar refractivity (Wildman–Crippen MR) is 186 cm³/mol. The molecule has 4 rings (SSSR count). The Kier molecular flexibility index (Phi) is 17.7. The van der Waals surface area contributed by atoms with E-state index >= 15 is 0 Å². The second kappa shape index (κ2) is 19.8. The van der Waals surface area contributed by atoms with E-state index in [4.69, 9.17) is 16.2 Å². The fourth-order valence-corrected chi connectivity index (χ4v) is 9.38. The number of carbonyl (C=O) groups is 2. The molecule has 4 N–H and O–H groups in total. The monoisotopic (exact) mass is 657 g/mol. The van der Waals surface area contributed by atoms with Gasteiger partial charge in [0.1, 0.15) is 6.10 Å². The summed E-state index contributed by atoms with van der Waals surface area (Å²) in [5, 5.41) is 0. The first-order chi connectivity index (χ1) is 20.3. The lowest BCUT2D eigenvalue weighted by atomic mass is 9.52. The number of halogens is 2. The molecule has 4 aliphatic carbocycles. The third-order valence-corrected chi connectivity index (χ3v) is 11.5. The first kappa shape index (κ1) is 39.4. The molecule has 0 aromatic rings. The summed E-state index contributed by atoms with van der Waals surface area (Å²) in [5.74, 6) is 6.30. The summed E-state index contributed by atoms with van der Waals surface area (Å²) in [6.07, 6.45) is 19.8. The Morgan fingerprint density at radius 3 is 2.34 bits per heavy atom. The first-order valence-electron chi connectivity index (χ1n) is 17.9. The van der Waals surface area contributed by atoms with Crippen molar-refractivity contribution in [3.05, 3.63) is 11.6 Å². The van der Waals surface area contributed by atoms with Crippen LogP contribution in [0.15, 0.2) is 11.6 Å². The number of hydrogen-bond donors (Lipinski definition) is 2. The third kappa shape index (κ3) is 10.6. The van der Waals surface area contributed by atoms with Crippen LogP contribution in [0.1, 0.15) is 124 Å². The van der Waals surface area contributed by atoms with Gasteiger partial charge in [0, 0.05) is 25.9 Å². The van der Waals surface area contributed by atoms with Crippen molar-refractivity contribution in [3.8, 4) is 0 Å². The molecule has 0 radical (unpaired) electrons. The largest absolute Gasteiger partial charge is 0.462 e. The average Bonchev–Trinajstić information content (AvgIpc) is 3.46. The van der Waals surface area contributed by atoms with Crippen molar-refractivity contribution in [2.45, 2.75) is 130 Å². The van der Waals surface area contributed by atoms with Gasteiger partial charge in [0.2, 0.25) is 5.91 Å². The minimum Gasteiger partial charge on any atom is -0.462 e. The van der Waals surface area contributed by atoms with Crippen LogP contribution in [0.4, 0.5) is 0 Å². The van der Waals surface area contributed by atoms with Crippen LogP contribution < -0.4 is 11.5 Å². The summed E-state index contributed by atoms with van der Waals surface area (Å²) in [6.45, 7) is 9.74. The second-order valence-corrected chi connectivity index (χ2v) is 14.8. The highest BCUT2D eigenvalue weighted by Gasteiger charge is 2.51. The smallest absolute Gasteiger partial charge is 0.306 e. The summed E-state index contributed by atoms with van der Waals surface area (Å²) >= 11 is 0. The molecule has 0 aliphatic heterocycles. The molecule has 7 unspecified atom stereocenters. The molecule has 6 nitrogen and oxygen atoms in total. The van der Waals surface area contributed by atoms with Gasteiger partial charge in [-0.05, 0) is 112 Å². The number of nitrogens with zero attached hydrogens (tertiary/aromatic N) is 1. The molecule has 4 aliphatic rings. The average molecular weight is 659 g/mol. The van der Waals surface area contributed by atoms with Gasteiger partial charge in [0.15, 0.2) is 0 Å². The van der Waals surface area contributed by atoms with E-state index in [1.54, 1.807) is 5.57 Å². The van der Waals surface area contributed by atoms with E-state index in [0.29, 0.717) is 38.0 Å². The molecule has 44 heavy (non-hydrogen) atoms. The molecule has 0 aromatic heterocycles. The van der Waals surface area contributed by atoms with Crippen LogP contribution in [0, 0.1) is 47.3 Å². The highest BCUT2D eigenvalue weighted by Crippen LogP contribution is 2.59. The lowest BCUT2D eigenvalue weighted by Gasteiger charge is -2.53. The standard InChI is InChI=1S/C36H63N3O3.2ClH/c1-25(2)9-6-10-26(3)33-24-28-23-29(14-16-30(28)32-15-13-27-11-7-12-31(27)36(32)33)42-35(41)18-17-34(40)39(22-8-20-38)21-5-4-19-37;;/h24-27,29-33,36H,4-23,37-38H2,1-3H3;2*1H/t26-,27?,29?,30?,31?,32?,33?,36?;;/m1../s1. The first-order valence-corrected chi connectivity index (χ1v) is 17.9. The van der Waals surface area contributed by atoms with Crippen LogP contribution in [-0.4, -0.2) is 49.1 Å². The minimum absolute atomic E-state index is 0. The highest BCUT2D eigenvalue weighted by molar-refractivity contribution is 5.85. The third-order valence-electron chi connectivity index (χ3n) is 11.5. The number of carbonyl (C=O) groups excluding carboxylic acids is 2. The van der Waals surface area contributed by atoms with E-state index in [-0.39, 0.29) is 55.6 Å². The molecule has 0 aromatic carbocycles. The number of amides is 1. The Labute approximate surface area is 281 Å². The zero-order chi connectivity index (χ0) is 30.1. The van der Waals surface area contributed by atoms with Crippen LogP contribution in [0.2, 0.25) is 0 Å². The molecule has 0 heterocycles. The molecular formula is C36H65Cl2N3O3. The SMILES string of the molecule is CC(C)CCC[C@@H](C)C1C=C2CC(OC(=O)CCC(=O)N(CCCN)CCCCN)CCC2C2CCC3CCCC3C21.Cl.Cl. The summed E-state index contributed by atoms with van der Waals surface area (Å²) in [5.41, 5.74) is 12.9. The van der Waals surface area contributed by atoms with E-state index in [9.17, 15) is 9.59 Å². The number of hydrogen-bond acceptors (Lipinski definition) is 5. The Morgan fingerprint density at radius 1 is 0.864 bits per heavy atom. The van der Waals surface area contributed by atoms with Gasteiger partial charge in [-0.3, -0.25) is 9.59 Å². The maximum atomic E-state index is 12.9. The summed E-state index contributed by atoms with van der Waals surface area (Å²) < 4.78 is 6.06. The summed E-state index contributed by atoms with van der Waals surface area (Å²) in [6, 6.07) is 0. The van der Waals surface area contributed by atoms with Crippen LogP contribution in [0.5, 0.6) is 0 Å². The zero-order valence-electron chi connectivity index (χ0n) is 28.1. The van der Waals surface area contributed by atoms with E-state index in [0.717, 1.165) is 74.0 Å². The Hall–Kier alpha value is -0.820. The Bertz CT molecular complexity index is 900. The van der Waals surface area contributed by atoms with Gasteiger partial charge >= 0.3 is 5.97 Å². The van der Waals surface area contributed by atoms with Crippen LogP contribution in [-0.2, 0) is 14.3 Å². The lowest BCUT2D eigenvalue weighted by Crippen LogP contribution is -2.46. The second-order valence-electron chi connectivity index (χ2n) is 14.8. The predicted octanol–water partition coefficient (Wildman–Crippen LogP) is 7.70. The van der Waals surface area contributed by atoms with Gasteiger partial charge in [-0.25, -0.2) is 0 Å². The van der Waals surface area contributed by atoms with Crippen molar-refractivity contribution in [3.63, 3.8) is 0 Å². The van der Waals surface area contributed by atoms with Gasteiger partial charge in [0.25, 0.3) is 0 Å². The van der Waals surface area contributed by atoms with Gasteiger partial charge < -0.3 is 21.1 Å². The number of nitrogens with two attached hydrogens (primary N) is 2. The van der Waals surface area contributed by atoms with Crippen molar-refractivity contribution < 1.29 is 14.3 Å². The van der Waals surface area contributed by atoms with Gasteiger partial charge in [-0.1, -0.05) is 64.5 Å². The van der Waals surface area contributed by atoms with Crippen molar-refractivity contribution in [1.82, 2.24) is 4.90 Å². The van der Waals surface area contributed by atoms with Crippen molar-refractivity contribution in [2.75, 3.05) is 26.2 Å². The molecule has 8 atom stereocenters. The molecule has 3 saturated carbocycles. The number of esters is 1. The molecular weight excluding hydrogens is 593 g/mol. The normalized spacial score (nSPS) is 29.7. The van der Waals surface area contributed by atoms with Crippen molar-refractivity contribution in [1.29, 1.82) is 0 Å². The van der Waals surface area contributed by atoms with Gasteiger partial charge in [-0.15, -0.1) is 24.8 Å². The van der Waals surface area contributed by atoms with Crippen LogP contribution in [0.25, 0.3) is 0 Å². The Balaban J connectivity index is 0.00000337. The van der Waals surface area contributed by atoms with E-state index in [1.807, 2.05) is 4.90 Å². The Morgan fingerprint density at radius 2 is 1.61 bits per heavy atom. The quantitative estimate of drug-likeness (QED) is 0.101. The molecule has 3 fully saturated rings. The van der Waals surface area contributed by atoms with Crippen LogP contribution >= 0.6 is 24.8 Å². The highest BCUT2D eigenvalue weighted by atomic mass is 35.5. The fourth-order valence-electron chi connectivity index (χ4n) is 9.38. The molecule has 0 saturated heterocycles. The minimum atomic E-state index is -0.216. The number of fused-ring (bicyclic) bond motifs is 5. The topological polar surface area (TPSA) is 98.7 Å². The molecule has 8 heteroatoms. The van der Waals surface area contributed by atoms with E-state index in [1.165, 1.54) is 51.4 Å². The number of rotatable bonds is 16. The van der Waals surface area contributed by atoms with Gasteiger partial charge in [0.05, 0.1) is 6.42 Å². The van der Waals surface area contributed by atoms with E-state index in [2.05, 4.69) is 26.8 Å². The number of unbranched alkanes of at least 4 members (excludes halogenated alkanes) is 1. The summed E-state index contributed by atoms with van der Waals surface area (Å²) in [7, 11) is 0. The maximum absolute atomic E-state index is 12.9. The van der Waals surface area contributed by atoms with Crippen LogP contribution in [0.3, 0.4) is 0 Å². The molecule has 1 amide bonds. The number of ether oxygens (including phenoxy) is 1. The zero-order valence-corrected chi connectivity index (χ0v) is 29.7. The fraction of sp³-hybridized carbons (Fsp3) is 0.889. The van der Waals surface area contributed by atoms with E-state index < -0.39 is 0 Å². The van der Waals surface area contributed by atoms with Gasteiger partial charge in [-0.2, -0.15) is 0 Å². The van der Waals surface area contributed by atoms with Crippen molar-refractivity contribution >= 4 is 36.7 Å². The maximum Gasteiger partial charge on any atom is 0.306 e. The number of allylic oxidation sites excluding steroid dienone is 1. The summed E-state index contributed by atoms with van der Waals surface area (Å²) in [4.78, 5) is 27.7. The van der Waals surface area contributed by atoms with Crippen molar-refractivity contribution in [2.24, 2.45) is 58.8 Å².